The van der Waals surface area contributed by atoms with E-state index in [0.29, 0.717) is 12.0 Å². The maximum absolute atomic E-state index is 11.2. The number of aliphatic hydroxyl groups is 1. The number of hydrogen-bond donors (Lipinski definition) is 2. The first-order valence-corrected chi connectivity index (χ1v) is 5.62. The Labute approximate surface area is 95.7 Å². The standard InChI is InChI=1S/C13H18O3/c1-2-3-7-10-13(16,12(14)15)11-8-5-4-6-9-11/h4-6,8-9,16H,2-3,7,10H2,1H3,(H,14,15). The van der Waals surface area contributed by atoms with Crippen molar-refractivity contribution >= 4 is 5.97 Å². The van der Waals surface area contributed by atoms with E-state index in [1.807, 2.05) is 6.92 Å². The molecule has 0 spiro atoms. The topological polar surface area (TPSA) is 57.5 Å². The Kier molecular flexibility index (Phi) is 4.50. The number of unbranched alkanes of at least 4 members (excludes halogenated alkanes) is 2. The molecule has 0 aromatic heterocycles. The van der Waals surface area contributed by atoms with Crippen LogP contribution in [0.25, 0.3) is 0 Å². The van der Waals surface area contributed by atoms with E-state index >= 15 is 0 Å². The van der Waals surface area contributed by atoms with Gasteiger partial charge in [0.05, 0.1) is 0 Å². The van der Waals surface area contributed by atoms with Crippen LogP contribution in [0.1, 0.15) is 38.2 Å². The van der Waals surface area contributed by atoms with E-state index in [-0.39, 0.29) is 6.42 Å². The molecule has 0 fully saturated rings. The van der Waals surface area contributed by atoms with E-state index in [0.717, 1.165) is 12.8 Å². The second kappa shape index (κ2) is 5.66. The monoisotopic (exact) mass is 222 g/mol. The van der Waals surface area contributed by atoms with Crippen molar-refractivity contribution in [3.8, 4) is 0 Å². The summed E-state index contributed by atoms with van der Waals surface area (Å²) in [6.45, 7) is 2.04. The highest BCUT2D eigenvalue weighted by Gasteiger charge is 2.36. The third kappa shape index (κ3) is 2.83. The average molecular weight is 222 g/mol. The number of aliphatic carboxylic acids is 1. The van der Waals surface area contributed by atoms with E-state index in [2.05, 4.69) is 0 Å². The largest absolute Gasteiger partial charge is 0.479 e. The van der Waals surface area contributed by atoms with Crippen molar-refractivity contribution in [2.24, 2.45) is 0 Å². The van der Waals surface area contributed by atoms with Crippen molar-refractivity contribution in [3.05, 3.63) is 35.9 Å². The SMILES string of the molecule is CCCCCC(O)(C(=O)O)c1ccccc1. The van der Waals surface area contributed by atoms with Crippen LogP contribution in [0.2, 0.25) is 0 Å². The number of benzene rings is 1. The van der Waals surface area contributed by atoms with E-state index in [4.69, 9.17) is 5.11 Å². The maximum Gasteiger partial charge on any atom is 0.340 e. The van der Waals surface area contributed by atoms with Crippen LogP contribution in [-0.2, 0) is 10.4 Å². The minimum Gasteiger partial charge on any atom is -0.479 e. The van der Waals surface area contributed by atoms with Gasteiger partial charge < -0.3 is 10.2 Å². The molecule has 1 atom stereocenters. The predicted molar refractivity (Wildman–Crippen MR) is 62.1 cm³/mol. The molecule has 1 aromatic carbocycles. The van der Waals surface area contributed by atoms with Gasteiger partial charge in [0.15, 0.2) is 5.60 Å². The molecular formula is C13H18O3. The zero-order valence-corrected chi connectivity index (χ0v) is 9.52. The van der Waals surface area contributed by atoms with Crippen LogP contribution in [0, 0.1) is 0 Å². The molecular weight excluding hydrogens is 204 g/mol. The molecule has 16 heavy (non-hydrogen) atoms. The van der Waals surface area contributed by atoms with Crippen LogP contribution in [0.15, 0.2) is 30.3 Å². The second-order valence-corrected chi connectivity index (χ2v) is 3.99. The number of carbonyl (C=O) groups is 1. The van der Waals surface area contributed by atoms with Crippen LogP contribution < -0.4 is 0 Å². The first-order chi connectivity index (χ1) is 7.61. The molecule has 0 radical (unpaired) electrons. The molecule has 0 aliphatic rings. The lowest BCUT2D eigenvalue weighted by Crippen LogP contribution is -2.35. The molecule has 2 N–H and O–H groups in total. The highest BCUT2D eigenvalue weighted by Crippen LogP contribution is 2.27. The molecule has 1 unspecified atom stereocenters. The molecule has 3 nitrogen and oxygen atoms in total. The number of hydrogen-bond acceptors (Lipinski definition) is 2. The Morgan fingerprint density at radius 2 is 1.88 bits per heavy atom. The molecule has 88 valence electrons. The highest BCUT2D eigenvalue weighted by atomic mass is 16.4. The molecule has 0 aliphatic heterocycles. The summed E-state index contributed by atoms with van der Waals surface area (Å²) in [5, 5.41) is 19.3. The van der Waals surface area contributed by atoms with Crippen molar-refractivity contribution in [3.63, 3.8) is 0 Å². The Hall–Kier alpha value is -1.35. The fraction of sp³-hybridized carbons (Fsp3) is 0.462. The van der Waals surface area contributed by atoms with Crippen molar-refractivity contribution in [2.45, 2.75) is 38.2 Å². The smallest absolute Gasteiger partial charge is 0.340 e. The first-order valence-electron chi connectivity index (χ1n) is 5.62. The van der Waals surface area contributed by atoms with Gasteiger partial charge in [-0.3, -0.25) is 0 Å². The van der Waals surface area contributed by atoms with Gasteiger partial charge in [-0.15, -0.1) is 0 Å². The quantitative estimate of drug-likeness (QED) is 0.727. The summed E-state index contributed by atoms with van der Waals surface area (Å²) in [6, 6.07) is 8.59. The second-order valence-electron chi connectivity index (χ2n) is 3.99. The number of rotatable bonds is 6. The Bertz CT molecular complexity index is 334. The van der Waals surface area contributed by atoms with Crippen LogP contribution >= 0.6 is 0 Å². The van der Waals surface area contributed by atoms with Gasteiger partial charge in [-0.1, -0.05) is 50.1 Å². The van der Waals surface area contributed by atoms with Crippen molar-refractivity contribution < 1.29 is 15.0 Å². The lowest BCUT2D eigenvalue weighted by molar-refractivity contribution is -0.160. The number of carboxylic acids is 1. The Morgan fingerprint density at radius 1 is 1.25 bits per heavy atom. The van der Waals surface area contributed by atoms with E-state index in [1.54, 1.807) is 30.3 Å². The van der Waals surface area contributed by atoms with E-state index < -0.39 is 11.6 Å². The summed E-state index contributed by atoms with van der Waals surface area (Å²) in [7, 11) is 0. The summed E-state index contributed by atoms with van der Waals surface area (Å²) < 4.78 is 0. The fourth-order valence-corrected chi connectivity index (χ4v) is 1.72. The number of carboxylic acid groups (broad SMARTS) is 1. The minimum atomic E-state index is -1.74. The maximum atomic E-state index is 11.2. The fourth-order valence-electron chi connectivity index (χ4n) is 1.72. The van der Waals surface area contributed by atoms with Gasteiger partial charge in [0, 0.05) is 0 Å². The highest BCUT2D eigenvalue weighted by molar-refractivity contribution is 5.79. The molecule has 1 rings (SSSR count). The third-order valence-corrected chi connectivity index (χ3v) is 2.75. The predicted octanol–water partition coefficient (Wildman–Crippen LogP) is 2.54. The molecule has 0 saturated heterocycles. The Morgan fingerprint density at radius 3 is 2.38 bits per heavy atom. The van der Waals surface area contributed by atoms with Crippen molar-refractivity contribution in [1.29, 1.82) is 0 Å². The zero-order valence-electron chi connectivity index (χ0n) is 9.52. The zero-order chi connectivity index (χ0) is 12.0. The lowest BCUT2D eigenvalue weighted by atomic mass is 9.88. The van der Waals surface area contributed by atoms with Gasteiger partial charge >= 0.3 is 5.97 Å². The summed E-state index contributed by atoms with van der Waals surface area (Å²) in [6.07, 6.45) is 2.92. The summed E-state index contributed by atoms with van der Waals surface area (Å²) in [5.41, 5.74) is -1.28. The summed E-state index contributed by atoms with van der Waals surface area (Å²) in [4.78, 5) is 11.2. The van der Waals surface area contributed by atoms with Gasteiger partial charge in [0.2, 0.25) is 0 Å². The minimum absolute atomic E-state index is 0.264. The van der Waals surface area contributed by atoms with Crippen LogP contribution in [-0.4, -0.2) is 16.2 Å². The van der Waals surface area contributed by atoms with E-state index in [9.17, 15) is 9.90 Å². The average Bonchev–Trinajstić information content (AvgIpc) is 2.30. The molecule has 0 bridgehead atoms. The van der Waals surface area contributed by atoms with Gasteiger partial charge in [-0.05, 0) is 18.4 Å². The molecule has 0 amide bonds. The summed E-state index contributed by atoms with van der Waals surface area (Å²) >= 11 is 0. The van der Waals surface area contributed by atoms with Gasteiger partial charge in [-0.25, -0.2) is 4.79 Å². The normalized spacial score (nSPS) is 14.4. The molecule has 3 heteroatoms. The van der Waals surface area contributed by atoms with Gasteiger partial charge in [0.1, 0.15) is 0 Å². The Balaban J connectivity index is 2.85. The molecule has 1 aromatic rings. The van der Waals surface area contributed by atoms with Gasteiger partial charge in [-0.2, -0.15) is 0 Å². The van der Waals surface area contributed by atoms with Crippen LogP contribution in [0.3, 0.4) is 0 Å². The third-order valence-electron chi connectivity index (χ3n) is 2.75. The van der Waals surface area contributed by atoms with Crippen molar-refractivity contribution in [1.82, 2.24) is 0 Å². The van der Waals surface area contributed by atoms with Crippen LogP contribution in [0.5, 0.6) is 0 Å². The first kappa shape index (κ1) is 12.7. The van der Waals surface area contributed by atoms with Gasteiger partial charge in [0.25, 0.3) is 0 Å². The van der Waals surface area contributed by atoms with E-state index in [1.165, 1.54) is 0 Å². The molecule has 0 aliphatic carbocycles. The molecule has 0 saturated carbocycles. The van der Waals surface area contributed by atoms with Crippen LogP contribution in [0.4, 0.5) is 0 Å². The summed E-state index contributed by atoms with van der Waals surface area (Å²) in [5.74, 6) is -1.17. The molecule has 0 heterocycles. The van der Waals surface area contributed by atoms with Crippen molar-refractivity contribution in [2.75, 3.05) is 0 Å². The lowest BCUT2D eigenvalue weighted by Gasteiger charge is -2.23.